The Morgan fingerprint density at radius 3 is 2.57 bits per heavy atom. The Bertz CT molecular complexity index is 823. The van der Waals surface area contributed by atoms with E-state index in [1.54, 1.807) is 0 Å². The van der Waals surface area contributed by atoms with Crippen molar-refractivity contribution in [1.82, 2.24) is 15.5 Å². The van der Waals surface area contributed by atoms with Gasteiger partial charge in [0.15, 0.2) is 5.69 Å². The summed E-state index contributed by atoms with van der Waals surface area (Å²) in [4.78, 5) is 13.8. The minimum absolute atomic E-state index is 0.158. The number of hydrogen-bond donors (Lipinski definition) is 3. The number of carbonyl (C=O) groups excluding carboxylic acids is 1. The van der Waals surface area contributed by atoms with Gasteiger partial charge in [0.05, 0.1) is 19.6 Å². The first-order chi connectivity index (χ1) is 11.1. The van der Waals surface area contributed by atoms with E-state index in [-0.39, 0.29) is 5.91 Å². The smallest absolute Gasteiger partial charge is 0.272 e. The van der Waals surface area contributed by atoms with E-state index in [2.05, 4.69) is 41.7 Å². The quantitative estimate of drug-likeness (QED) is 0.662. The Kier molecular flexibility index (Phi) is 4.39. The predicted molar refractivity (Wildman–Crippen MR) is 90.2 cm³/mol. The zero-order chi connectivity index (χ0) is 16.2. The molecule has 3 rings (SSSR count). The van der Waals surface area contributed by atoms with Gasteiger partial charge in [-0.1, -0.05) is 42.5 Å². The van der Waals surface area contributed by atoms with Crippen LogP contribution in [-0.4, -0.2) is 30.2 Å². The van der Waals surface area contributed by atoms with Gasteiger partial charge in [0, 0.05) is 17.5 Å². The topological polar surface area (TPSA) is 62.2 Å². The van der Waals surface area contributed by atoms with Crippen molar-refractivity contribution in [3.8, 4) is 0 Å². The molecule has 0 aliphatic rings. The largest absolute Gasteiger partial charge is 0.347 e. The number of carbonyl (C=O) groups is 1. The van der Waals surface area contributed by atoms with Crippen LogP contribution in [0.15, 0.2) is 48.5 Å². The molecule has 118 valence electrons. The number of rotatable bonds is 5. The summed E-state index contributed by atoms with van der Waals surface area (Å²) >= 11 is 0. The number of fused-ring (bicyclic) bond motifs is 1. The highest BCUT2D eigenvalue weighted by atomic mass is 16.1. The zero-order valence-electron chi connectivity index (χ0n) is 13.4. The van der Waals surface area contributed by atoms with Crippen molar-refractivity contribution in [1.29, 1.82) is 0 Å². The summed E-state index contributed by atoms with van der Waals surface area (Å²) in [5, 5.41) is 10.8. The molecule has 1 heterocycles. The van der Waals surface area contributed by atoms with Crippen molar-refractivity contribution in [3.63, 3.8) is 0 Å². The number of nitrogens with one attached hydrogen (secondary N) is 3. The molecule has 0 aliphatic carbocycles. The van der Waals surface area contributed by atoms with Crippen LogP contribution in [0.1, 0.15) is 21.6 Å². The van der Waals surface area contributed by atoms with Crippen molar-refractivity contribution in [2.45, 2.75) is 13.1 Å². The Hall–Kier alpha value is -2.66. The van der Waals surface area contributed by atoms with E-state index in [9.17, 15) is 4.79 Å². The van der Waals surface area contributed by atoms with Crippen LogP contribution in [-0.2, 0) is 13.1 Å². The van der Waals surface area contributed by atoms with Crippen LogP contribution >= 0.6 is 0 Å². The minimum atomic E-state index is -0.158. The van der Waals surface area contributed by atoms with Gasteiger partial charge in [0.1, 0.15) is 6.54 Å². The van der Waals surface area contributed by atoms with Gasteiger partial charge >= 0.3 is 0 Å². The monoisotopic (exact) mass is 309 g/mol. The summed E-state index contributed by atoms with van der Waals surface area (Å²) < 4.78 is 0. The SMILES string of the molecule is C[NH+](C)Cc1ccccc1CNC(=O)c1n[nH]c2ccccc12. The van der Waals surface area contributed by atoms with Gasteiger partial charge in [-0.15, -0.1) is 0 Å². The number of benzene rings is 2. The number of hydrogen-bond acceptors (Lipinski definition) is 2. The van der Waals surface area contributed by atoms with Gasteiger partial charge in [-0.05, 0) is 11.6 Å². The fourth-order valence-electron chi connectivity index (χ4n) is 2.68. The van der Waals surface area contributed by atoms with E-state index in [1.165, 1.54) is 10.5 Å². The van der Waals surface area contributed by atoms with Crippen LogP contribution in [0.3, 0.4) is 0 Å². The standard InChI is InChI=1S/C18H20N4O/c1-22(2)12-14-8-4-3-7-13(14)11-19-18(23)17-15-9-5-6-10-16(15)20-21-17/h3-10H,11-12H2,1-2H3,(H,19,23)(H,20,21)/p+1. The summed E-state index contributed by atoms with van der Waals surface area (Å²) in [5.41, 5.74) is 3.70. The molecular weight excluding hydrogens is 288 g/mol. The summed E-state index contributed by atoms with van der Waals surface area (Å²) in [6.45, 7) is 1.43. The van der Waals surface area contributed by atoms with E-state index in [1.807, 2.05) is 36.4 Å². The Morgan fingerprint density at radius 1 is 1.09 bits per heavy atom. The summed E-state index contributed by atoms with van der Waals surface area (Å²) in [7, 11) is 4.23. The normalized spacial score (nSPS) is 11.1. The highest BCUT2D eigenvalue weighted by molar-refractivity contribution is 6.04. The number of H-pyrrole nitrogens is 1. The lowest BCUT2D eigenvalue weighted by molar-refractivity contribution is -0.872. The van der Waals surface area contributed by atoms with E-state index >= 15 is 0 Å². The maximum absolute atomic E-state index is 12.4. The van der Waals surface area contributed by atoms with Gasteiger partial charge in [0.2, 0.25) is 0 Å². The van der Waals surface area contributed by atoms with Crippen LogP contribution in [0.2, 0.25) is 0 Å². The fraction of sp³-hybridized carbons (Fsp3) is 0.222. The first-order valence-electron chi connectivity index (χ1n) is 7.72. The van der Waals surface area contributed by atoms with E-state index in [0.717, 1.165) is 23.0 Å². The maximum Gasteiger partial charge on any atom is 0.272 e. The van der Waals surface area contributed by atoms with Gasteiger partial charge in [-0.25, -0.2) is 0 Å². The second kappa shape index (κ2) is 6.62. The third kappa shape index (κ3) is 3.40. The average Bonchev–Trinajstić information content (AvgIpc) is 2.97. The van der Waals surface area contributed by atoms with Crippen LogP contribution in [0.5, 0.6) is 0 Å². The first-order valence-corrected chi connectivity index (χ1v) is 7.72. The fourth-order valence-corrected chi connectivity index (χ4v) is 2.68. The molecule has 0 unspecified atom stereocenters. The Balaban J connectivity index is 1.75. The summed E-state index contributed by atoms with van der Waals surface area (Å²) in [6.07, 6.45) is 0. The number of amides is 1. The van der Waals surface area contributed by atoms with Gasteiger partial charge in [0.25, 0.3) is 5.91 Å². The van der Waals surface area contributed by atoms with Crippen molar-refractivity contribution in [2.75, 3.05) is 14.1 Å². The number of para-hydroxylation sites is 1. The van der Waals surface area contributed by atoms with Crippen LogP contribution < -0.4 is 10.2 Å². The molecule has 0 fully saturated rings. The van der Waals surface area contributed by atoms with E-state index in [4.69, 9.17) is 0 Å². The van der Waals surface area contributed by atoms with E-state index in [0.29, 0.717) is 12.2 Å². The molecule has 23 heavy (non-hydrogen) atoms. The molecule has 0 saturated carbocycles. The first kappa shape index (κ1) is 15.2. The van der Waals surface area contributed by atoms with Crippen molar-refractivity contribution < 1.29 is 9.69 Å². The Labute approximate surface area is 135 Å². The van der Waals surface area contributed by atoms with Crippen LogP contribution in [0.4, 0.5) is 0 Å². The molecule has 0 spiro atoms. The van der Waals surface area contributed by atoms with Crippen LogP contribution in [0.25, 0.3) is 10.9 Å². The second-order valence-electron chi connectivity index (χ2n) is 5.95. The molecule has 5 heteroatoms. The lowest BCUT2D eigenvalue weighted by Gasteiger charge is -2.12. The third-order valence-corrected chi connectivity index (χ3v) is 3.79. The lowest BCUT2D eigenvalue weighted by atomic mass is 10.1. The summed E-state index contributed by atoms with van der Waals surface area (Å²) in [5.74, 6) is -0.158. The van der Waals surface area contributed by atoms with Gasteiger partial charge in [-0.2, -0.15) is 5.10 Å². The molecule has 0 saturated heterocycles. The zero-order valence-corrected chi connectivity index (χ0v) is 13.4. The second-order valence-corrected chi connectivity index (χ2v) is 5.95. The predicted octanol–water partition coefficient (Wildman–Crippen LogP) is 1.14. The van der Waals surface area contributed by atoms with Gasteiger partial charge in [-0.3, -0.25) is 9.89 Å². The highest BCUT2D eigenvalue weighted by Crippen LogP contribution is 2.15. The molecule has 1 amide bonds. The highest BCUT2D eigenvalue weighted by Gasteiger charge is 2.14. The van der Waals surface area contributed by atoms with Gasteiger partial charge < -0.3 is 10.2 Å². The number of aromatic amines is 1. The Morgan fingerprint density at radius 2 is 1.78 bits per heavy atom. The minimum Gasteiger partial charge on any atom is -0.347 e. The molecule has 5 nitrogen and oxygen atoms in total. The molecule has 0 aliphatic heterocycles. The number of aromatic nitrogens is 2. The molecule has 2 aromatic carbocycles. The molecule has 1 aromatic heterocycles. The van der Waals surface area contributed by atoms with Crippen LogP contribution in [0, 0.1) is 0 Å². The maximum atomic E-state index is 12.4. The molecule has 0 radical (unpaired) electrons. The van der Waals surface area contributed by atoms with E-state index < -0.39 is 0 Å². The molecule has 0 atom stereocenters. The number of quaternary nitrogens is 1. The number of nitrogens with zero attached hydrogens (tertiary/aromatic N) is 1. The molecular formula is C18H21N4O+. The average molecular weight is 309 g/mol. The molecule has 0 bridgehead atoms. The molecule has 3 aromatic rings. The third-order valence-electron chi connectivity index (χ3n) is 3.79. The van der Waals surface area contributed by atoms with Crippen molar-refractivity contribution >= 4 is 16.8 Å². The van der Waals surface area contributed by atoms with Crippen molar-refractivity contribution in [2.24, 2.45) is 0 Å². The van der Waals surface area contributed by atoms with Crippen molar-refractivity contribution in [3.05, 3.63) is 65.4 Å². The molecule has 3 N–H and O–H groups in total. The summed E-state index contributed by atoms with van der Waals surface area (Å²) in [6, 6.07) is 15.8. The lowest BCUT2D eigenvalue weighted by Crippen LogP contribution is -3.04.